The van der Waals surface area contributed by atoms with Gasteiger partial charge in [-0.3, -0.25) is 11.3 Å². The van der Waals surface area contributed by atoms with Crippen molar-refractivity contribution in [1.82, 2.24) is 5.43 Å². The van der Waals surface area contributed by atoms with Gasteiger partial charge < -0.3 is 4.74 Å². The highest BCUT2D eigenvalue weighted by Crippen LogP contribution is 2.23. The summed E-state index contributed by atoms with van der Waals surface area (Å²) in [4.78, 5) is 0. The van der Waals surface area contributed by atoms with E-state index in [9.17, 15) is 0 Å². The van der Waals surface area contributed by atoms with Crippen molar-refractivity contribution in [2.24, 2.45) is 5.84 Å². The summed E-state index contributed by atoms with van der Waals surface area (Å²) in [7, 11) is 1.74. The zero-order chi connectivity index (χ0) is 13.2. The maximum Gasteiger partial charge on any atom is 0.0987 e. The molecule has 0 aliphatic heterocycles. The second-order valence-electron chi connectivity index (χ2n) is 4.69. The fraction of sp³-hybridized carbons (Fsp3) is 0.600. The Labute approximate surface area is 111 Å². The van der Waals surface area contributed by atoms with E-state index in [2.05, 4.69) is 24.5 Å². The lowest BCUT2D eigenvalue weighted by Gasteiger charge is -2.25. The Hall–Kier alpha value is -0.900. The number of hydrazine groups is 1. The molecule has 0 saturated heterocycles. The predicted molar refractivity (Wildman–Crippen MR) is 76.1 cm³/mol. The zero-order valence-electron chi connectivity index (χ0n) is 11.6. The number of nitrogens with two attached hydrogens (primary N) is 1. The molecule has 2 atom stereocenters. The lowest BCUT2D eigenvalue weighted by Crippen LogP contribution is -2.40. The molecule has 3 heteroatoms. The number of rotatable bonds is 9. The van der Waals surface area contributed by atoms with Gasteiger partial charge in [0.1, 0.15) is 0 Å². The third kappa shape index (κ3) is 4.77. The highest BCUT2D eigenvalue weighted by atomic mass is 16.5. The summed E-state index contributed by atoms with van der Waals surface area (Å²) in [5, 5.41) is 0. The Morgan fingerprint density at radius 2 is 1.89 bits per heavy atom. The standard InChI is InChI=1S/C15H26N2O/c1-3-4-5-9-12-14(17-16)15(18-2)13-10-7-6-8-11-13/h6-8,10-11,14-15,17H,3-5,9,12,16H2,1-2H3. The van der Waals surface area contributed by atoms with Crippen LogP contribution in [0, 0.1) is 0 Å². The van der Waals surface area contributed by atoms with E-state index in [4.69, 9.17) is 10.6 Å². The van der Waals surface area contributed by atoms with Crippen LogP contribution in [-0.2, 0) is 4.74 Å². The number of nitrogens with one attached hydrogen (secondary N) is 1. The first-order chi connectivity index (χ1) is 8.83. The van der Waals surface area contributed by atoms with Crippen molar-refractivity contribution in [3.8, 4) is 0 Å². The molecule has 0 saturated carbocycles. The summed E-state index contributed by atoms with van der Waals surface area (Å²) in [5.41, 5.74) is 4.08. The Morgan fingerprint density at radius 1 is 1.17 bits per heavy atom. The number of hydrogen-bond donors (Lipinski definition) is 2. The molecule has 0 bridgehead atoms. The number of methoxy groups -OCH3 is 1. The highest BCUT2D eigenvalue weighted by Gasteiger charge is 2.21. The van der Waals surface area contributed by atoms with Gasteiger partial charge in [0.2, 0.25) is 0 Å². The van der Waals surface area contributed by atoms with Gasteiger partial charge in [-0.05, 0) is 12.0 Å². The fourth-order valence-electron chi connectivity index (χ4n) is 2.29. The van der Waals surface area contributed by atoms with E-state index >= 15 is 0 Å². The summed E-state index contributed by atoms with van der Waals surface area (Å²) in [5.74, 6) is 5.67. The van der Waals surface area contributed by atoms with Crippen LogP contribution in [0.3, 0.4) is 0 Å². The van der Waals surface area contributed by atoms with Crippen LogP contribution in [0.4, 0.5) is 0 Å². The lowest BCUT2D eigenvalue weighted by atomic mass is 9.97. The van der Waals surface area contributed by atoms with E-state index in [0.717, 1.165) is 6.42 Å². The molecule has 1 rings (SSSR count). The van der Waals surface area contributed by atoms with Gasteiger partial charge in [0.05, 0.1) is 12.1 Å². The van der Waals surface area contributed by atoms with Gasteiger partial charge in [-0.2, -0.15) is 0 Å². The maximum absolute atomic E-state index is 5.67. The number of benzene rings is 1. The number of hydrogen-bond acceptors (Lipinski definition) is 3. The van der Waals surface area contributed by atoms with E-state index < -0.39 is 0 Å². The molecule has 3 nitrogen and oxygen atoms in total. The van der Waals surface area contributed by atoms with E-state index in [1.165, 1.54) is 31.2 Å². The maximum atomic E-state index is 5.67. The van der Waals surface area contributed by atoms with Crippen LogP contribution >= 0.6 is 0 Å². The van der Waals surface area contributed by atoms with Crippen LogP contribution in [0.25, 0.3) is 0 Å². The molecule has 0 heterocycles. The van der Waals surface area contributed by atoms with Crippen LogP contribution in [0.2, 0.25) is 0 Å². The zero-order valence-corrected chi connectivity index (χ0v) is 11.6. The van der Waals surface area contributed by atoms with Crippen molar-refractivity contribution in [2.45, 2.75) is 51.2 Å². The molecule has 0 aromatic heterocycles. The number of unbranched alkanes of at least 4 members (excludes halogenated alkanes) is 3. The van der Waals surface area contributed by atoms with Gasteiger partial charge in [0.25, 0.3) is 0 Å². The van der Waals surface area contributed by atoms with Gasteiger partial charge in [0.15, 0.2) is 0 Å². The van der Waals surface area contributed by atoms with Crippen molar-refractivity contribution in [3.05, 3.63) is 35.9 Å². The van der Waals surface area contributed by atoms with Crippen LogP contribution in [0.5, 0.6) is 0 Å². The summed E-state index contributed by atoms with van der Waals surface area (Å²) in [6, 6.07) is 10.4. The molecule has 102 valence electrons. The molecule has 1 aromatic rings. The smallest absolute Gasteiger partial charge is 0.0987 e. The lowest BCUT2D eigenvalue weighted by molar-refractivity contribution is 0.0640. The van der Waals surface area contributed by atoms with E-state index in [1.807, 2.05) is 18.2 Å². The second kappa shape index (κ2) is 9.09. The first kappa shape index (κ1) is 15.2. The molecular formula is C15H26N2O. The van der Waals surface area contributed by atoms with Gasteiger partial charge >= 0.3 is 0 Å². The SMILES string of the molecule is CCCCCCC(NN)C(OC)c1ccccc1. The van der Waals surface area contributed by atoms with Gasteiger partial charge in [0, 0.05) is 7.11 Å². The summed E-state index contributed by atoms with van der Waals surface area (Å²) in [6.07, 6.45) is 6.07. The van der Waals surface area contributed by atoms with Crippen LogP contribution in [0.15, 0.2) is 30.3 Å². The third-order valence-corrected chi connectivity index (χ3v) is 3.33. The van der Waals surface area contributed by atoms with Crippen LogP contribution in [-0.4, -0.2) is 13.2 Å². The van der Waals surface area contributed by atoms with E-state index in [1.54, 1.807) is 7.11 Å². The average Bonchev–Trinajstić information content (AvgIpc) is 2.43. The van der Waals surface area contributed by atoms with Crippen molar-refractivity contribution in [3.63, 3.8) is 0 Å². The molecule has 0 amide bonds. The molecule has 2 unspecified atom stereocenters. The molecule has 0 spiro atoms. The molecular weight excluding hydrogens is 224 g/mol. The molecule has 18 heavy (non-hydrogen) atoms. The van der Waals surface area contributed by atoms with Gasteiger partial charge in [-0.1, -0.05) is 62.9 Å². The van der Waals surface area contributed by atoms with E-state index in [-0.39, 0.29) is 12.1 Å². The molecule has 0 fully saturated rings. The monoisotopic (exact) mass is 250 g/mol. The molecule has 1 aromatic carbocycles. The first-order valence-electron chi connectivity index (χ1n) is 6.87. The van der Waals surface area contributed by atoms with Crippen molar-refractivity contribution in [2.75, 3.05) is 7.11 Å². The van der Waals surface area contributed by atoms with Gasteiger partial charge in [-0.25, -0.2) is 0 Å². The average molecular weight is 250 g/mol. The Balaban J connectivity index is 2.55. The Morgan fingerprint density at radius 3 is 2.44 bits per heavy atom. The van der Waals surface area contributed by atoms with Crippen LogP contribution in [0.1, 0.15) is 50.7 Å². The first-order valence-corrected chi connectivity index (χ1v) is 6.87. The molecule has 3 N–H and O–H groups in total. The minimum Gasteiger partial charge on any atom is -0.375 e. The Kier molecular flexibility index (Phi) is 7.65. The fourth-order valence-corrected chi connectivity index (χ4v) is 2.29. The van der Waals surface area contributed by atoms with Crippen molar-refractivity contribution < 1.29 is 4.74 Å². The third-order valence-electron chi connectivity index (χ3n) is 3.33. The second-order valence-corrected chi connectivity index (χ2v) is 4.69. The normalized spacial score (nSPS) is 14.4. The van der Waals surface area contributed by atoms with E-state index in [0.29, 0.717) is 0 Å². The minimum atomic E-state index is 0.0258. The van der Waals surface area contributed by atoms with Crippen molar-refractivity contribution in [1.29, 1.82) is 0 Å². The van der Waals surface area contributed by atoms with Gasteiger partial charge in [-0.15, -0.1) is 0 Å². The molecule has 0 aliphatic carbocycles. The number of ether oxygens (including phenoxy) is 1. The topological polar surface area (TPSA) is 47.3 Å². The molecule has 0 radical (unpaired) electrons. The predicted octanol–water partition coefficient (Wildman–Crippen LogP) is 3.18. The van der Waals surface area contributed by atoms with Crippen molar-refractivity contribution >= 4 is 0 Å². The van der Waals surface area contributed by atoms with Crippen LogP contribution < -0.4 is 11.3 Å². The summed E-state index contributed by atoms with van der Waals surface area (Å²) < 4.78 is 5.60. The minimum absolute atomic E-state index is 0.0258. The quantitative estimate of drug-likeness (QED) is 0.402. The highest BCUT2D eigenvalue weighted by molar-refractivity contribution is 5.19. The Bertz CT molecular complexity index is 303. The largest absolute Gasteiger partial charge is 0.375 e. The summed E-state index contributed by atoms with van der Waals surface area (Å²) in [6.45, 7) is 2.22. The summed E-state index contributed by atoms with van der Waals surface area (Å²) >= 11 is 0. The molecule has 0 aliphatic rings.